The predicted octanol–water partition coefficient (Wildman–Crippen LogP) is 3.37. The van der Waals surface area contributed by atoms with Crippen LogP contribution in [0.4, 0.5) is 0 Å². The molecule has 0 spiro atoms. The van der Waals surface area contributed by atoms with Crippen LogP contribution < -0.4 is 0 Å². The van der Waals surface area contributed by atoms with Crippen molar-refractivity contribution in [2.24, 2.45) is 5.41 Å². The summed E-state index contributed by atoms with van der Waals surface area (Å²) in [4.78, 5) is 11.8. The molecule has 0 amide bonds. The summed E-state index contributed by atoms with van der Waals surface area (Å²) >= 11 is 0. The van der Waals surface area contributed by atoms with E-state index in [0.29, 0.717) is 11.1 Å². The molecular formula is C14H15NO. The largest absolute Gasteiger partial charge is 0.289 e. The highest BCUT2D eigenvalue weighted by atomic mass is 16.1. The molecule has 0 bridgehead atoms. The Balaban J connectivity index is 3.02. The summed E-state index contributed by atoms with van der Waals surface area (Å²) in [5.41, 5.74) is 0.819. The van der Waals surface area contributed by atoms with E-state index in [9.17, 15) is 4.79 Å². The van der Waals surface area contributed by atoms with Gasteiger partial charge in [-0.05, 0) is 5.41 Å². The zero-order chi connectivity index (χ0) is 12.2. The summed E-state index contributed by atoms with van der Waals surface area (Å²) in [5.74, 6) is -0.118. The van der Waals surface area contributed by atoms with Crippen molar-refractivity contribution in [3.05, 3.63) is 47.5 Å². The van der Waals surface area contributed by atoms with Gasteiger partial charge in [-0.3, -0.25) is 4.79 Å². The zero-order valence-corrected chi connectivity index (χ0v) is 9.82. The van der Waals surface area contributed by atoms with Crippen LogP contribution in [-0.2, 0) is 0 Å². The molecule has 0 saturated carbocycles. The first kappa shape index (κ1) is 12.2. The summed E-state index contributed by atoms with van der Waals surface area (Å²) in [7, 11) is 0. The second-order valence-corrected chi connectivity index (χ2v) is 4.65. The summed E-state index contributed by atoms with van der Waals surface area (Å²) in [6.45, 7) is 5.75. The Morgan fingerprint density at radius 1 is 1.25 bits per heavy atom. The number of nitrogens with zero attached hydrogens (tertiary/aromatic N) is 1. The second-order valence-electron chi connectivity index (χ2n) is 4.65. The van der Waals surface area contributed by atoms with Gasteiger partial charge in [-0.1, -0.05) is 51.1 Å². The smallest absolute Gasteiger partial charge is 0.186 e. The van der Waals surface area contributed by atoms with E-state index in [4.69, 9.17) is 5.26 Å². The molecule has 0 aliphatic rings. The van der Waals surface area contributed by atoms with Gasteiger partial charge in [-0.15, -0.1) is 0 Å². The lowest BCUT2D eigenvalue weighted by atomic mass is 9.86. The molecule has 1 aromatic carbocycles. The lowest BCUT2D eigenvalue weighted by molar-refractivity contribution is 0.104. The van der Waals surface area contributed by atoms with Crippen LogP contribution >= 0.6 is 0 Å². The van der Waals surface area contributed by atoms with Crippen LogP contribution in [0.25, 0.3) is 0 Å². The van der Waals surface area contributed by atoms with Crippen molar-refractivity contribution >= 4 is 5.78 Å². The molecule has 0 aliphatic heterocycles. The van der Waals surface area contributed by atoms with E-state index in [2.05, 4.69) is 6.07 Å². The second kappa shape index (κ2) is 4.76. The number of carbonyl (C=O) groups excluding carboxylic acids is 1. The third kappa shape index (κ3) is 3.06. The molecule has 0 atom stereocenters. The Kier molecular flexibility index (Phi) is 3.63. The Morgan fingerprint density at radius 3 is 2.25 bits per heavy atom. The normalized spacial score (nSPS) is 12.0. The Hall–Kier alpha value is -1.88. The molecular weight excluding hydrogens is 198 g/mol. The van der Waals surface area contributed by atoms with Crippen molar-refractivity contribution in [1.29, 1.82) is 5.26 Å². The first-order chi connectivity index (χ1) is 7.45. The van der Waals surface area contributed by atoms with Gasteiger partial charge in [-0.25, -0.2) is 0 Å². The third-order valence-electron chi connectivity index (χ3n) is 2.26. The topological polar surface area (TPSA) is 40.9 Å². The maximum absolute atomic E-state index is 11.8. The lowest BCUT2D eigenvalue weighted by Crippen LogP contribution is -2.10. The van der Waals surface area contributed by atoms with Crippen LogP contribution in [0.3, 0.4) is 0 Å². The standard InChI is InChI=1S/C14H15NO/c1-14(2,3)12(10-15)9-13(16)11-7-5-4-6-8-11/h4-9H,1-3H3/b12-9+. The number of benzene rings is 1. The minimum absolute atomic E-state index is 0.118. The van der Waals surface area contributed by atoms with Gasteiger partial charge in [0.05, 0.1) is 6.07 Å². The van der Waals surface area contributed by atoms with Gasteiger partial charge in [0.25, 0.3) is 0 Å². The van der Waals surface area contributed by atoms with Crippen LogP contribution in [-0.4, -0.2) is 5.78 Å². The Labute approximate surface area is 96.2 Å². The van der Waals surface area contributed by atoms with Crippen molar-refractivity contribution in [2.45, 2.75) is 20.8 Å². The average Bonchev–Trinajstić information content (AvgIpc) is 2.25. The van der Waals surface area contributed by atoms with Crippen molar-refractivity contribution in [1.82, 2.24) is 0 Å². The molecule has 0 aliphatic carbocycles. The Morgan fingerprint density at radius 2 is 1.81 bits per heavy atom. The van der Waals surface area contributed by atoms with Crippen molar-refractivity contribution in [2.75, 3.05) is 0 Å². The number of ketones is 1. The average molecular weight is 213 g/mol. The lowest BCUT2D eigenvalue weighted by Gasteiger charge is -2.16. The number of carbonyl (C=O) groups is 1. The van der Waals surface area contributed by atoms with E-state index >= 15 is 0 Å². The summed E-state index contributed by atoms with van der Waals surface area (Å²) in [6.07, 6.45) is 1.43. The molecule has 1 rings (SSSR count). The monoisotopic (exact) mass is 213 g/mol. The highest BCUT2D eigenvalue weighted by Crippen LogP contribution is 2.24. The fourth-order valence-corrected chi connectivity index (χ4v) is 1.23. The molecule has 82 valence electrons. The first-order valence-electron chi connectivity index (χ1n) is 5.17. The minimum atomic E-state index is -0.292. The van der Waals surface area contributed by atoms with E-state index < -0.39 is 0 Å². The minimum Gasteiger partial charge on any atom is -0.289 e. The summed E-state index contributed by atoms with van der Waals surface area (Å²) < 4.78 is 0. The molecule has 2 heteroatoms. The molecule has 0 fully saturated rings. The zero-order valence-electron chi connectivity index (χ0n) is 9.82. The van der Waals surface area contributed by atoms with E-state index in [1.54, 1.807) is 12.1 Å². The molecule has 0 N–H and O–H groups in total. The van der Waals surface area contributed by atoms with Crippen LogP contribution in [0, 0.1) is 16.7 Å². The molecule has 0 heterocycles. The molecule has 0 aromatic heterocycles. The highest BCUT2D eigenvalue weighted by molar-refractivity contribution is 6.05. The number of rotatable bonds is 2. The van der Waals surface area contributed by atoms with Gasteiger partial charge in [0, 0.05) is 17.2 Å². The third-order valence-corrected chi connectivity index (χ3v) is 2.26. The number of allylic oxidation sites excluding steroid dienone is 2. The van der Waals surface area contributed by atoms with Crippen LogP contribution in [0.5, 0.6) is 0 Å². The van der Waals surface area contributed by atoms with Gasteiger partial charge in [0.1, 0.15) is 0 Å². The molecule has 0 unspecified atom stereocenters. The Bertz CT molecular complexity index is 444. The predicted molar refractivity (Wildman–Crippen MR) is 63.9 cm³/mol. The quantitative estimate of drug-likeness (QED) is 0.429. The number of nitriles is 1. The number of hydrogen-bond acceptors (Lipinski definition) is 2. The van der Waals surface area contributed by atoms with E-state index in [0.717, 1.165) is 0 Å². The van der Waals surface area contributed by atoms with Crippen LogP contribution in [0.2, 0.25) is 0 Å². The first-order valence-corrected chi connectivity index (χ1v) is 5.17. The fourth-order valence-electron chi connectivity index (χ4n) is 1.23. The molecule has 0 radical (unpaired) electrons. The van der Waals surface area contributed by atoms with Crippen molar-refractivity contribution in [3.63, 3.8) is 0 Å². The van der Waals surface area contributed by atoms with Gasteiger partial charge in [0.2, 0.25) is 0 Å². The van der Waals surface area contributed by atoms with Crippen molar-refractivity contribution in [3.8, 4) is 6.07 Å². The van der Waals surface area contributed by atoms with E-state index in [-0.39, 0.29) is 11.2 Å². The maximum Gasteiger partial charge on any atom is 0.186 e. The van der Waals surface area contributed by atoms with Gasteiger partial charge in [0.15, 0.2) is 5.78 Å². The van der Waals surface area contributed by atoms with Gasteiger partial charge in [-0.2, -0.15) is 5.26 Å². The molecule has 2 nitrogen and oxygen atoms in total. The van der Waals surface area contributed by atoms with Gasteiger partial charge < -0.3 is 0 Å². The van der Waals surface area contributed by atoms with E-state index in [1.807, 2.05) is 39.0 Å². The molecule has 1 aromatic rings. The SMILES string of the molecule is CC(C)(C)/C(C#N)=C/C(=O)c1ccccc1. The summed E-state index contributed by atoms with van der Waals surface area (Å²) in [6, 6.07) is 11.1. The van der Waals surface area contributed by atoms with Gasteiger partial charge >= 0.3 is 0 Å². The molecule has 16 heavy (non-hydrogen) atoms. The van der Waals surface area contributed by atoms with Crippen LogP contribution in [0.1, 0.15) is 31.1 Å². The number of hydrogen-bond donors (Lipinski definition) is 0. The van der Waals surface area contributed by atoms with Crippen molar-refractivity contribution < 1.29 is 4.79 Å². The highest BCUT2D eigenvalue weighted by Gasteiger charge is 2.18. The van der Waals surface area contributed by atoms with E-state index in [1.165, 1.54) is 6.08 Å². The maximum atomic E-state index is 11.8. The van der Waals surface area contributed by atoms with Crippen LogP contribution in [0.15, 0.2) is 42.0 Å². The molecule has 0 saturated heterocycles. The summed E-state index contributed by atoms with van der Waals surface area (Å²) in [5, 5.41) is 8.99. The fraction of sp³-hybridized carbons (Fsp3) is 0.286.